The van der Waals surface area contributed by atoms with Crippen molar-refractivity contribution in [2.75, 3.05) is 25.1 Å². The Bertz CT molecular complexity index is 862. The van der Waals surface area contributed by atoms with Gasteiger partial charge in [-0.1, -0.05) is 12.5 Å². The fourth-order valence-electron chi connectivity index (χ4n) is 3.03. The largest absolute Gasteiger partial charge is 0.419 e. The summed E-state index contributed by atoms with van der Waals surface area (Å²) in [5.74, 6) is 0.421. The monoisotopic (exact) mass is 352 g/mol. The molecule has 1 aliphatic rings. The summed E-state index contributed by atoms with van der Waals surface area (Å²) in [6.45, 7) is 1.66. The molecule has 0 unspecified atom stereocenters. The van der Waals surface area contributed by atoms with Crippen LogP contribution in [0, 0.1) is 0 Å². The molecule has 24 heavy (non-hydrogen) atoms. The van der Waals surface area contributed by atoms with Crippen LogP contribution in [0.4, 0.5) is 0 Å². The molecule has 0 spiro atoms. The normalized spacial score (nSPS) is 15.7. The molecule has 1 aromatic carbocycles. The number of oxazole rings is 1. The molecule has 1 aromatic heterocycles. The summed E-state index contributed by atoms with van der Waals surface area (Å²) in [6.07, 6.45) is 5.69. The first-order chi connectivity index (χ1) is 11.4. The number of hydrogen-bond donors (Lipinski definition) is 1. The van der Waals surface area contributed by atoms with E-state index in [0.717, 1.165) is 11.9 Å². The van der Waals surface area contributed by atoms with Crippen molar-refractivity contribution in [2.45, 2.75) is 38.1 Å². The first kappa shape index (κ1) is 17.2. The van der Waals surface area contributed by atoms with Crippen molar-refractivity contribution in [3.63, 3.8) is 0 Å². The molecule has 1 fully saturated rings. The molecule has 7 heteroatoms. The zero-order valence-electron chi connectivity index (χ0n) is 14.0. The summed E-state index contributed by atoms with van der Waals surface area (Å²) >= 11 is 0. The van der Waals surface area contributed by atoms with Crippen molar-refractivity contribution in [1.29, 1.82) is 0 Å². The summed E-state index contributed by atoms with van der Waals surface area (Å²) in [6, 6.07) is 6.04. The Balaban J connectivity index is 1.61. The van der Waals surface area contributed by atoms with Gasteiger partial charge in [-0.05, 0) is 49.4 Å². The van der Waals surface area contributed by atoms with E-state index in [-0.39, 0.29) is 11.5 Å². The van der Waals surface area contributed by atoms with E-state index in [9.17, 15) is 13.2 Å². The maximum Gasteiger partial charge on any atom is 0.419 e. The summed E-state index contributed by atoms with van der Waals surface area (Å²) in [7, 11) is -2.93. The van der Waals surface area contributed by atoms with Gasteiger partial charge in [0.1, 0.15) is 9.84 Å². The van der Waals surface area contributed by atoms with Gasteiger partial charge in [-0.15, -0.1) is 0 Å². The average molecular weight is 352 g/mol. The van der Waals surface area contributed by atoms with Crippen molar-refractivity contribution in [3.8, 4) is 0 Å². The smallest absolute Gasteiger partial charge is 0.408 e. The number of fused-ring (bicyclic) bond motifs is 1. The minimum atomic E-state index is -2.93. The van der Waals surface area contributed by atoms with Crippen LogP contribution in [0.25, 0.3) is 11.1 Å². The number of hydrogen-bond acceptors (Lipinski definition) is 5. The number of nitrogens with zero attached hydrogens (tertiary/aromatic N) is 1. The van der Waals surface area contributed by atoms with Crippen LogP contribution in [-0.2, 0) is 16.4 Å². The van der Waals surface area contributed by atoms with Gasteiger partial charge in [-0.3, -0.25) is 4.57 Å². The molecule has 3 rings (SSSR count). The Hall–Kier alpha value is -1.60. The second kappa shape index (κ2) is 7.11. The molecule has 0 saturated heterocycles. The number of sulfone groups is 1. The van der Waals surface area contributed by atoms with E-state index in [1.807, 2.05) is 6.07 Å². The third-order valence-electron chi connectivity index (χ3n) is 4.65. The zero-order valence-corrected chi connectivity index (χ0v) is 14.8. The lowest BCUT2D eigenvalue weighted by molar-refractivity contribution is 0.420. The van der Waals surface area contributed by atoms with Gasteiger partial charge in [0.25, 0.3) is 0 Å². The van der Waals surface area contributed by atoms with Crippen LogP contribution >= 0.6 is 0 Å². The molecule has 2 aromatic rings. The minimum absolute atomic E-state index is 0.131. The van der Waals surface area contributed by atoms with Crippen molar-refractivity contribution in [1.82, 2.24) is 9.88 Å². The van der Waals surface area contributed by atoms with Crippen LogP contribution in [0.5, 0.6) is 0 Å². The molecular weight excluding hydrogens is 328 g/mol. The number of rotatable bonds is 8. The standard InChI is InChI=1S/C17H24N2O4S/c1-24(21,22)11-9-18-8-3-10-19-15-12-14(13-4-2-5-13)6-7-16(15)23-17(19)20/h6-7,12-13,18H,2-5,8-11H2,1H3. The van der Waals surface area contributed by atoms with Gasteiger partial charge in [0.05, 0.1) is 11.3 Å². The predicted octanol–water partition coefficient (Wildman–Crippen LogP) is 1.89. The molecule has 6 nitrogen and oxygen atoms in total. The third-order valence-corrected chi connectivity index (χ3v) is 5.60. The fraction of sp³-hybridized carbons (Fsp3) is 0.588. The van der Waals surface area contributed by atoms with Crippen LogP contribution in [0.15, 0.2) is 27.4 Å². The van der Waals surface area contributed by atoms with Crippen LogP contribution < -0.4 is 11.1 Å². The Morgan fingerprint density at radius 3 is 2.75 bits per heavy atom. The molecular formula is C17H24N2O4S. The molecule has 1 saturated carbocycles. The van der Waals surface area contributed by atoms with Gasteiger partial charge < -0.3 is 9.73 Å². The summed E-state index contributed by atoms with van der Waals surface area (Å²) < 4.78 is 29.1. The first-order valence-corrected chi connectivity index (χ1v) is 10.5. The van der Waals surface area contributed by atoms with E-state index in [2.05, 4.69) is 17.4 Å². The Morgan fingerprint density at radius 2 is 2.08 bits per heavy atom. The van der Waals surface area contributed by atoms with Crippen molar-refractivity contribution in [3.05, 3.63) is 34.3 Å². The SMILES string of the molecule is CS(=O)(=O)CCNCCCn1c(=O)oc2ccc(C3CCC3)cc21. The van der Waals surface area contributed by atoms with E-state index in [0.29, 0.717) is 31.1 Å². The third kappa shape index (κ3) is 4.08. The number of nitrogens with one attached hydrogen (secondary N) is 1. The molecule has 1 heterocycles. The topological polar surface area (TPSA) is 81.3 Å². The molecule has 132 valence electrons. The fourth-order valence-corrected chi connectivity index (χ4v) is 3.55. The quantitative estimate of drug-likeness (QED) is 0.734. The van der Waals surface area contributed by atoms with Crippen LogP contribution in [0.3, 0.4) is 0 Å². The van der Waals surface area contributed by atoms with Crippen LogP contribution in [0.1, 0.15) is 37.2 Å². The Morgan fingerprint density at radius 1 is 1.29 bits per heavy atom. The van der Waals surface area contributed by atoms with E-state index in [4.69, 9.17) is 4.42 Å². The lowest BCUT2D eigenvalue weighted by Gasteiger charge is -2.25. The molecule has 0 radical (unpaired) electrons. The minimum Gasteiger partial charge on any atom is -0.408 e. The lowest BCUT2D eigenvalue weighted by atomic mass is 9.80. The van der Waals surface area contributed by atoms with Gasteiger partial charge >= 0.3 is 5.76 Å². The molecule has 0 amide bonds. The maximum atomic E-state index is 12.1. The molecule has 0 atom stereocenters. The molecule has 1 aliphatic carbocycles. The average Bonchev–Trinajstić information content (AvgIpc) is 2.75. The number of benzene rings is 1. The zero-order chi connectivity index (χ0) is 17.2. The summed E-state index contributed by atoms with van der Waals surface area (Å²) in [4.78, 5) is 12.1. The van der Waals surface area contributed by atoms with Gasteiger partial charge in [-0.25, -0.2) is 13.2 Å². The first-order valence-electron chi connectivity index (χ1n) is 8.46. The summed E-state index contributed by atoms with van der Waals surface area (Å²) in [5, 5.41) is 3.09. The highest BCUT2D eigenvalue weighted by molar-refractivity contribution is 7.90. The highest BCUT2D eigenvalue weighted by Gasteiger charge is 2.20. The lowest BCUT2D eigenvalue weighted by Crippen LogP contribution is -2.25. The Labute approximate surface area is 141 Å². The van der Waals surface area contributed by atoms with Crippen LogP contribution in [0.2, 0.25) is 0 Å². The van der Waals surface area contributed by atoms with Crippen molar-refractivity contribution < 1.29 is 12.8 Å². The van der Waals surface area contributed by atoms with Gasteiger partial charge in [0, 0.05) is 19.3 Å². The van der Waals surface area contributed by atoms with Crippen LogP contribution in [-0.4, -0.2) is 38.1 Å². The van der Waals surface area contributed by atoms with E-state index in [1.165, 1.54) is 31.1 Å². The van der Waals surface area contributed by atoms with Gasteiger partial charge in [0.2, 0.25) is 0 Å². The Kier molecular flexibility index (Phi) is 5.10. The van der Waals surface area contributed by atoms with E-state index >= 15 is 0 Å². The highest BCUT2D eigenvalue weighted by Crippen LogP contribution is 2.37. The number of aryl methyl sites for hydroxylation is 1. The van der Waals surface area contributed by atoms with E-state index in [1.54, 1.807) is 4.57 Å². The highest BCUT2D eigenvalue weighted by atomic mass is 32.2. The second-order valence-electron chi connectivity index (χ2n) is 6.61. The van der Waals surface area contributed by atoms with Crippen molar-refractivity contribution >= 4 is 20.9 Å². The van der Waals surface area contributed by atoms with Crippen molar-refractivity contribution in [2.24, 2.45) is 0 Å². The second-order valence-corrected chi connectivity index (χ2v) is 8.87. The maximum absolute atomic E-state index is 12.1. The molecule has 1 N–H and O–H groups in total. The number of aromatic nitrogens is 1. The molecule has 0 aliphatic heterocycles. The van der Waals surface area contributed by atoms with Gasteiger partial charge in [0.15, 0.2) is 5.58 Å². The predicted molar refractivity (Wildman–Crippen MR) is 94.3 cm³/mol. The van der Waals surface area contributed by atoms with E-state index < -0.39 is 9.84 Å². The van der Waals surface area contributed by atoms with Gasteiger partial charge in [-0.2, -0.15) is 0 Å². The summed E-state index contributed by atoms with van der Waals surface area (Å²) in [5.41, 5.74) is 2.78. The molecule has 0 bridgehead atoms.